The van der Waals surface area contributed by atoms with Crippen molar-refractivity contribution >= 4 is 17.5 Å². The number of pyridine rings is 1. The van der Waals surface area contributed by atoms with Crippen LogP contribution in [-0.2, 0) is 18.9 Å². The third-order valence-electron chi connectivity index (χ3n) is 5.10. The zero-order chi connectivity index (χ0) is 25.8. The molecule has 186 valence electrons. The average molecular weight is 517 g/mol. The van der Waals surface area contributed by atoms with E-state index in [-0.39, 0.29) is 41.9 Å². The number of hydrogen-bond donors (Lipinski definition) is 1. The smallest absolute Gasteiger partial charge is 0.396 e. The molecule has 3 rings (SSSR count). The number of rotatable bonds is 7. The summed E-state index contributed by atoms with van der Waals surface area (Å²) in [6.07, 6.45) is -8.64. The number of aliphatic hydroxyl groups excluding tert-OH is 1. The first kappa shape index (κ1) is 26.5. The lowest BCUT2D eigenvalue weighted by Gasteiger charge is -2.25. The van der Waals surface area contributed by atoms with E-state index in [0.717, 1.165) is 4.90 Å². The Balaban J connectivity index is 2.07. The number of aliphatic hydroxyl groups is 1. The first-order chi connectivity index (χ1) is 16.4. The molecule has 1 N–H and O–H groups in total. The van der Waals surface area contributed by atoms with E-state index in [0.29, 0.717) is 23.3 Å². The molecule has 1 amide bonds. The van der Waals surface area contributed by atoms with E-state index >= 15 is 0 Å². The van der Waals surface area contributed by atoms with Crippen LogP contribution in [0.25, 0.3) is 11.1 Å². The van der Waals surface area contributed by atoms with Gasteiger partial charge in [0.05, 0.1) is 16.7 Å². The van der Waals surface area contributed by atoms with Crippen LogP contribution in [0.1, 0.15) is 33.5 Å². The number of halogens is 7. The number of carbonyl (C=O) groups excluding carboxylic acids is 1. The van der Waals surface area contributed by atoms with Gasteiger partial charge in [0, 0.05) is 25.9 Å². The van der Waals surface area contributed by atoms with E-state index in [4.69, 9.17) is 11.6 Å². The predicted octanol–water partition coefficient (Wildman–Crippen LogP) is 6.46. The summed E-state index contributed by atoms with van der Waals surface area (Å²) in [5.41, 5.74) is -2.39. The van der Waals surface area contributed by atoms with Gasteiger partial charge in [0.25, 0.3) is 5.91 Å². The standard InChI is InChI=1S/C24H19ClF6N2O2/c25-21-20(19(7-8-32-21)16-5-2-1-3-6-16)22(35)33(9-4-10-34)14-15-11-17(23(26,27)28)13-18(12-15)24(29,30)31/h1-3,5-8,11-13,34H,4,9-10,14H2. The molecule has 0 aliphatic rings. The van der Waals surface area contributed by atoms with E-state index in [9.17, 15) is 36.2 Å². The fraction of sp³-hybridized carbons (Fsp3) is 0.250. The first-order valence-electron chi connectivity index (χ1n) is 10.3. The van der Waals surface area contributed by atoms with Crippen LogP contribution in [0.4, 0.5) is 26.3 Å². The Labute approximate surface area is 201 Å². The molecule has 0 saturated heterocycles. The molecule has 1 heterocycles. The van der Waals surface area contributed by atoms with Crippen molar-refractivity contribution in [2.24, 2.45) is 0 Å². The molecule has 11 heteroatoms. The number of carbonyl (C=O) groups is 1. The number of hydrogen-bond acceptors (Lipinski definition) is 3. The molecule has 1 aromatic heterocycles. The van der Waals surface area contributed by atoms with Crippen molar-refractivity contribution in [3.63, 3.8) is 0 Å². The Bertz CT molecular complexity index is 1150. The number of alkyl halides is 6. The van der Waals surface area contributed by atoms with Gasteiger partial charge in [-0.25, -0.2) is 4.98 Å². The summed E-state index contributed by atoms with van der Waals surface area (Å²) in [6.45, 7) is -1.08. The van der Waals surface area contributed by atoms with Crippen LogP contribution in [0.5, 0.6) is 0 Å². The predicted molar refractivity (Wildman–Crippen MR) is 118 cm³/mol. The highest BCUT2D eigenvalue weighted by molar-refractivity contribution is 6.33. The van der Waals surface area contributed by atoms with E-state index in [2.05, 4.69) is 4.98 Å². The molecule has 0 spiro atoms. The van der Waals surface area contributed by atoms with Crippen LogP contribution in [-0.4, -0.2) is 34.0 Å². The fourth-order valence-corrected chi connectivity index (χ4v) is 3.74. The van der Waals surface area contributed by atoms with Gasteiger partial charge < -0.3 is 10.0 Å². The highest BCUT2D eigenvalue weighted by Crippen LogP contribution is 2.37. The minimum absolute atomic E-state index is 0.0227. The van der Waals surface area contributed by atoms with Crippen molar-refractivity contribution in [2.75, 3.05) is 13.2 Å². The molecule has 3 aromatic rings. The van der Waals surface area contributed by atoms with Gasteiger partial charge in [0.15, 0.2) is 0 Å². The first-order valence-corrected chi connectivity index (χ1v) is 10.7. The molecule has 4 nitrogen and oxygen atoms in total. The van der Waals surface area contributed by atoms with Gasteiger partial charge in [-0.05, 0) is 47.4 Å². The van der Waals surface area contributed by atoms with E-state index in [1.165, 1.54) is 12.3 Å². The summed E-state index contributed by atoms with van der Waals surface area (Å²) in [4.78, 5) is 18.5. The second-order valence-electron chi connectivity index (χ2n) is 7.61. The maximum Gasteiger partial charge on any atom is 0.416 e. The Morgan fingerprint density at radius 3 is 2.09 bits per heavy atom. The zero-order valence-corrected chi connectivity index (χ0v) is 18.8. The monoisotopic (exact) mass is 516 g/mol. The van der Waals surface area contributed by atoms with Gasteiger partial charge in [0.1, 0.15) is 5.15 Å². The number of amides is 1. The van der Waals surface area contributed by atoms with E-state index in [1.807, 2.05) is 0 Å². The third-order valence-corrected chi connectivity index (χ3v) is 5.38. The third kappa shape index (κ3) is 6.52. The zero-order valence-electron chi connectivity index (χ0n) is 18.0. The van der Waals surface area contributed by atoms with Crippen molar-refractivity contribution < 1.29 is 36.2 Å². The van der Waals surface area contributed by atoms with Gasteiger partial charge >= 0.3 is 12.4 Å². The Hall–Kier alpha value is -3.11. The quantitative estimate of drug-likeness (QED) is 0.289. The molecule has 2 aromatic carbocycles. The Kier molecular flexibility index (Phi) is 8.07. The van der Waals surface area contributed by atoms with Crippen LogP contribution in [0.15, 0.2) is 60.8 Å². The van der Waals surface area contributed by atoms with Crippen molar-refractivity contribution in [1.29, 1.82) is 0 Å². The van der Waals surface area contributed by atoms with Crippen molar-refractivity contribution in [2.45, 2.75) is 25.3 Å². The second kappa shape index (κ2) is 10.7. The normalized spacial score (nSPS) is 12.0. The topological polar surface area (TPSA) is 53.4 Å². The SMILES string of the molecule is O=C(c1c(-c2ccccc2)ccnc1Cl)N(CCCO)Cc1cc(C(F)(F)F)cc(C(F)(F)F)c1. The molecule has 0 bridgehead atoms. The second-order valence-corrected chi connectivity index (χ2v) is 7.97. The summed E-state index contributed by atoms with van der Waals surface area (Å²) >= 11 is 6.22. The van der Waals surface area contributed by atoms with Crippen LogP contribution < -0.4 is 0 Å². The number of aromatic nitrogens is 1. The number of benzene rings is 2. The van der Waals surface area contributed by atoms with Crippen molar-refractivity contribution in [1.82, 2.24) is 9.88 Å². The summed E-state index contributed by atoms with van der Waals surface area (Å²) < 4.78 is 79.7. The van der Waals surface area contributed by atoms with Crippen molar-refractivity contribution in [3.05, 3.63) is 88.2 Å². The maximum absolute atomic E-state index is 13.5. The van der Waals surface area contributed by atoms with Gasteiger partial charge in [-0.3, -0.25) is 4.79 Å². The maximum atomic E-state index is 13.5. The lowest BCUT2D eigenvalue weighted by Crippen LogP contribution is -2.33. The molecular formula is C24H19ClF6N2O2. The van der Waals surface area contributed by atoms with Crippen LogP contribution in [0, 0.1) is 0 Å². The summed E-state index contributed by atoms with van der Waals surface area (Å²) in [6, 6.07) is 11.3. The Morgan fingerprint density at radius 2 is 1.54 bits per heavy atom. The molecule has 0 saturated carbocycles. The molecule has 35 heavy (non-hydrogen) atoms. The molecule has 0 aliphatic carbocycles. The van der Waals surface area contributed by atoms with Gasteiger partial charge in [0.2, 0.25) is 0 Å². The summed E-state index contributed by atoms with van der Waals surface area (Å²) in [7, 11) is 0. The molecule has 0 unspecified atom stereocenters. The van der Waals surface area contributed by atoms with Crippen LogP contribution >= 0.6 is 11.6 Å². The number of nitrogens with zero attached hydrogens (tertiary/aromatic N) is 2. The van der Waals surface area contributed by atoms with Gasteiger partial charge in [-0.1, -0.05) is 41.9 Å². The van der Waals surface area contributed by atoms with Gasteiger partial charge in [-0.15, -0.1) is 0 Å². The van der Waals surface area contributed by atoms with Gasteiger partial charge in [-0.2, -0.15) is 26.3 Å². The fourth-order valence-electron chi connectivity index (χ4n) is 3.50. The largest absolute Gasteiger partial charge is 0.416 e. The Morgan fingerprint density at radius 1 is 0.943 bits per heavy atom. The minimum Gasteiger partial charge on any atom is -0.396 e. The van der Waals surface area contributed by atoms with Crippen LogP contribution in [0.3, 0.4) is 0 Å². The molecule has 0 fully saturated rings. The highest BCUT2D eigenvalue weighted by atomic mass is 35.5. The van der Waals surface area contributed by atoms with E-state index in [1.54, 1.807) is 30.3 Å². The highest BCUT2D eigenvalue weighted by Gasteiger charge is 2.37. The van der Waals surface area contributed by atoms with E-state index < -0.39 is 35.9 Å². The van der Waals surface area contributed by atoms with Crippen LogP contribution in [0.2, 0.25) is 5.15 Å². The molecule has 0 aliphatic heterocycles. The van der Waals surface area contributed by atoms with Crippen molar-refractivity contribution in [3.8, 4) is 11.1 Å². The molecule has 0 radical (unpaired) electrons. The summed E-state index contributed by atoms with van der Waals surface area (Å²) in [5.74, 6) is -0.749. The minimum atomic E-state index is -5.02. The lowest BCUT2D eigenvalue weighted by atomic mass is 10.00. The molecular weight excluding hydrogens is 498 g/mol. The lowest BCUT2D eigenvalue weighted by molar-refractivity contribution is -0.143. The summed E-state index contributed by atoms with van der Waals surface area (Å²) in [5, 5.41) is 9.07. The average Bonchev–Trinajstić information content (AvgIpc) is 2.80. The molecule has 0 atom stereocenters.